The first-order chi connectivity index (χ1) is 16.6. The van der Waals surface area contributed by atoms with Crippen LogP contribution in [0.5, 0.6) is 5.75 Å². The molecule has 0 saturated carbocycles. The van der Waals surface area contributed by atoms with E-state index in [-0.39, 0.29) is 11.5 Å². The maximum Gasteiger partial charge on any atom is 0.412 e. The van der Waals surface area contributed by atoms with Gasteiger partial charge in [-0.2, -0.15) is 0 Å². The number of anilines is 1. The van der Waals surface area contributed by atoms with Gasteiger partial charge in [-0.3, -0.25) is 10.1 Å². The van der Waals surface area contributed by atoms with Gasteiger partial charge in [-0.25, -0.2) is 9.79 Å². The van der Waals surface area contributed by atoms with Crippen molar-refractivity contribution in [3.8, 4) is 5.75 Å². The Balaban J connectivity index is 1.61. The average Bonchev–Trinajstić information content (AvgIpc) is 3.34. The summed E-state index contributed by atoms with van der Waals surface area (Å²) < 4.78 is 10.5. The van der Waals surface area contributed by atoms with Crippen molar-refractivity contribution in [2.75, 3.05) is 19.0 Å². The van der Waals surface area contributed by atoms with E-state index in [0.29, 0.717) is 30.2 Å². The van der Waals surface area contributed by atoms with Crippen molar-refractivity contribution in [2.24, 2.45) is 10.7 Å². The Labute approximate surface area is 209 Å². The first-order valence-electron chi connectivity index (χ1n) is 11.1. The fourth-order valence-corrected chi connectivity index (χ4v) is 3.76. The maximum atomic E-state index is 12.9. The smallest absolute Gasteiger partial charge is 0.412 e. The van der Waals surface area contributed by atoms with E-state index < -0.39 is 11.7 Å². The topological polar surface area (TPSA) is 115 Å². The number of thiophene rings is 1. The number of rotatable bonds is 8. The normalized spacial score (nSPS) is 11.6. The fourth-order valence-electron chi connectivity index (χ4n) is 3.13. The molecule has 8 nitrogen and oxygen atoms in total. The van der Waals surface area contributed by atoms with Crippen LogP contribution in [-0.4, -0.2) is 37.1 Å². The fraction of sp³-hybridized carbons (Fsp3) is 0.269. The summed E-state index contributed by atoms with van der Waals surface area (Å²) in [6, 6.07) is 16.4. The summed E-state index contributed by atoms with van der Waals surface area (Å²) in [4.78, 5) is 30.5. The van der Waals surface area contributed by atoms with Gasteiger partial charge in [0, 0.05) is 6.54 Å². The molecule has 1 aromatic heterocycles. The van der Waals surface area contributed by atoms with Crippen LogP contribution in [0.15, 0.2) is 65.0 Å². The lowest BCUT2D eigenvalue weighted by Crippen LogP contribution is -2.30. The van der Waals surface area contributed by atoms with Crippen LogP contribution in [0.2, 0.25) is 0 Å². The van der Waals surface area contributed by atoms with Gasteiger partial charge in [0.15, 0.2) is 0 Å². The number of carbonyl (C=O) groups is 2. The number of methoxy groups -OCH3 is 1. The Morgan fingerprint density at radius 3 is 2.46 bits per heavy atom. The zero-order valence-corrected chi connectivity index (χ0v) is 21.1. The van der Waals surface area contributed by atoms with Crippen LogP contribution < -0.4 is 21.1 Å². The molecular weight excluding hydrogens is 464 g/mol. The van der Waals surface area contributed by atoms with Crippen LogP contribution in [0.25, 0.3) is 0 Å². The predicted octanol–water partition coefficient (Wildman–Crippen LogP) is 5.11. The molecule has 2 amide bonds. The molecule has 0 saturated heterocycles. The molecule has 0 bridgehead atoms. The number of amidine groups is 1. The average molecular weight is 495 g/mol. The number of hydrogen-bond donors (Lipinski definition) is 3. The minimum Gasteiger partial charge on any atom is -0.497 e. The molecule has 9 heteroatoms. The summed E-state index contributed by atoms with van der Waals surface area (Å²) >= 11 is 1.54. The zero-order valence-electron chi connectivity index (χ0n) is 20.3. The minimum absolute atomic E-state index is 0.281. The van der Waals surface area contributed by atoms with E-state index in [9.17, 15) is 9.59 Å². The van der Waals surface area contributed by atoms with Gasteiger partial charge in [-0.05, 0) is 74.5 Å². The summed E-state index contributed by atoms with van der Waals surface area (Å²) in [5.41, 5.74) is 7.80. The summed E-state index contributed by atoms with van der Waals surface area (Å²) in [5, 5.41) is 7.49. The molecule has 184 valence electrons. The summed E-state index contributed by atoms with van der Waals surface area (Å²) in [5.74, 6) is 0.650. The molecule has 35 heavy (non-hydrogen) atoms. The monoisotopic (exact) mass is 494 g/mol. The number of carbonyl (C=O) groups excluding carboxylic acids is 2. The standard InChI is InChI=1S/C26H30N4O4S/c1-26(2,3)34-25(32)30-21-12-11-19(33-4)16-20(21)24(31)28-14-13-17-7-9-18(10-8-17)29-23(27)22-6-5-15-35-22/h5-12,15-16H,13-14H2,1-4H3,(H2,27,29)(H,28,31)(H,30,32). The second-order valence-corrected chi connectivity index (χ2v) is 9.63. The third kappa shape index (κ3) is 7.86. The molecule has 0 spiro atoms. The highest BCUT2D eigenvalue weighted by atomic mass is 32.1. The van der Waals surface area contributed by atoms with Gasteiger partial charge < -0.3 is 20.5 Å². The number of hydrogen-bond acceptors (Lipinski definition) is 6. The SMILES string of the molecule is COc1ccc(NC(=O)OC(C)(C)C)c(C(=O)NCCc2ccc(N=C(N)c3cccs3)cc2)c1. The Morgan fingerprint density at radius 2 is 1.83 bits per heavy atom. The quantitative estimate of drug-likeness (QED) is 0.297. The first-order valence-corrected chi connectivity index (χ1v) is 12.0. The second-order valence-electron chi connectivity index (χ2n) is 8.69. The van der Waals surface area contributed by atoms with E-state index in [4.69, 9.17) is 15.2 Å². The zero-order chi connectivity index (χ0) is 25.4. The lowest BCUT2D eigenvalue weighted by Gasteiger charge is -2.20. The van der Waals surface area contributed by atoms with Gasteiger partial charge in [0.05, 0.1) is 28.9 Å². The van der Waals surface area contributed by atoms with Gasteiger partial charge in [0.1, 0.15) is 17.2 Å². The van der Waals surface area contributed by atoms with Crippen LogP contribution in [0.4, 0.5) is 16.2 Å². The number of benzene rings is 2. The molecule has 4 N–H and O–H groups in total. The van der Waals surface area contributed by atoms with Crippen LogP contribution in [-0.2, 0) is 11.2 Å². The number of ether oxygens (including phenoxy) is 2. The largest absolute Gasteiger partial charge is 0.497 e. The molecule has 2 aromatic carbocycles. The van der Waals surface area contributed by atoms with Crippen molar-refractivity contribution in [3.05, 3.63) is 76.0 Å². The number of aliphatic imine (C=N–C) groups is 1. The van der Waals surface area contributed by atoms with E-state index in [0.717, 1.165) is 16.1 Å². The highest BCUT2D eigenvalue weighted by Crippen LogP contribution is 2.23. The van der Waals surface area contributed by atoms with Gasteiger partial charge in [0.2, 0.25) is 0 Å². The first kappa shape index (κ1) is 25.8. The predicted molar refractivity (Wildman–Crippen MR) is 140 cm³/mol. The third-order valence-corrected chi connectivity index (χ3v) is 5.66. The van der Waals surface area contributed by atoms with Crippen molar-refractivity contribution in [2.45, 2.75) is 32.8 Å². The van der Waals surface area contributed by atoms with E-state index in [1.54, 1.807) is 39.0 Å². The Hall–Kier alpha value is -3.85. The molecular formula is C26H30N4O4S. The molecule has 0 radical (unpaired) electrons. The molecule has 3 aromatic rings. The summed E-state index contributed by atoms with van der Waals surface area (Å²) in [6.07, 6.45) is -0.0197. The van der Waals surface area contributed by atoms with Crippen molar-refractivity contribution in [1.29, 1.82) is 0 Å². The lowest BCUT2D eigenvalue weighted by atomic mass is 10.1. The van der Waals surface area contributed by atoms with Gasteiger partial charge in [0.25, 0.3) is 5.91 Å². The minimum atomic E-state index is -0.657. The van der Waals surface area contributed by atoms with Crippen molar-refractivity contribution in [1.82, 2.24) is 5.32 Å². The van der Waals surface area contributed by atoms with Crippen molar-refractivity contribution in [3.63, 3.8) is 0 Å². The summed E-state index contributed by atoms with van der Waals surface area (Å²) in [7, 11) is 1.51. The maximum absolute atomic E-state index is 12.9. The lowest BCUT2D eigenvalue weighted by molar-refractivity contribution is 0.0636. The highest BCUT2D eigenvalue weighted by molar-refractivity contribution is 7.12. The van der Waals surface area contributed by atoms with Gasteiger partial charge in [-0.15, -0.1) is 11.3 Å². The molecule has 0 unspecified atom stereocenters. The Kier molecular flexibility index (Phi) is 8.48. The van der Waals surface area contributed by atoms with E-state index in [1.807, 2.05) is 41.8 Å². The molecule has 0 aliphatic heterocycles. The van der Waals surface area contributed by atoms with Crippen LogP contribution in [0.3, 0.4) is 0 Å². The van der Waals surface area contributed by atoms with E-state index in [1.165, 1.54) is 18.4 Å². The van der Waals surface area contributed by atoms with Crippen LogP contribution >= 0.6 is 11.3 Å². The number of nitrogens with zero attached hydrogens (tertiary/aromatic N) is 1. The van der Waals surface area contributed by atoms with Crippen molar-refractivity contribution >= 4 is 40.5 Å². The highest BCUT2D eigenvalue weighted by Gasteiger charge is 2.19. The van der Waals surface area contributed by atoms with Crippen LogP contribution in [0.1, 0.15) is 41.6 Å². The van der Waals surface area contributed by atoms with E-state index in [2.05, 4.69) is 15.6 Å². The van der Waals surface area contributed by atoms with Gasteiger partial charge in [-0.1, -0.05) is 18.2 Å². The molecule has 0 atom stereocenters. The molecule has 0 aliphatic rings. The number of nitrogens with one attached hydrogen (secondary N) is 2. The third-order valence-electron chi connectivity index (χ3n) is 4.77. The number of amides is 2. The molecule has 3 rings (SSSR count). The molecule has 0 aliphatic carbocycles. The summed E-state index contributed by atoms with van der Waals surface area (Å²) in [6.45, 7) is 5.71. The Morgan fingerprint density at radius 1 is 1.09 bits per heavy atom. The van der Waals surface area contributed by atoms with Crippen LogP contribution in [0, 0.1) is 0 Å². The Bertz CT molecular complexity index is 1180. The van der Waals surface area contributed by atoms with E-state index >= 15 is 0 Å². The molecule has 1 heterocycles. The van der Waals surface area contributed by atoms with Gasteiger partial charge >= 0.3 is 6.09 Å². The number of nitrogens with two attached hydrogens (primary N) is 1. The second kappa shape index (κ2) is 11.5. The molecule has 0 fully saturated rings. The van der Waals surface area contributed by atoms with Crippen molar-refractivity contribution < 1.29 is 19.1 Å².